The Morgan fingerprint density at radius 2 is 1.62 bits per heavy atom. The molecule has 0 atom stereocenters. The maximum Gasteiger partial charge on any atom is 0.313 e. The summed E-state index contributed by atoms with van der Waals surface area (Å²) in [6.07, 6.45) is 4.25. The summed E-state index contributed by atoms with van der Waals surface area (Å²) in [5.41, 5.74) is 3.03. The predicted molar refractivity (Wildman–Crippen MR) is 118 cm³/mol. The standard InChI is InChI=1S/C24H29N3O2/c1-19(2)21-10-12-22(13-11-21)25-23(28)24(29)27-17-15-26(16-18-27)14-6-9-20-7-4-3-5-8-20/h3-13,19H,14-18H2,1-2H3,(H,25,28)/b9-6+. The van der Waals surface area contributed by atoms with Gasteiger partial charge in [-0.15, -0.1) is 0 Å². The molecule has 1 N–H and O–H groups in total. The first-order chi connectivity index (χ1) is 14.0. The highest BCUT2D eigenvalue weighted by atomic mass is 16.2. The summed E-state index contributed by atoms with van der Waals surface area (Å²) in [4.78, 5) is 28.7. The molecule has 2 amide bonds. The molecule has 2 aromatic rings. The van der Waals surface area contributed by atoms with E-state index in [4.69, 9.17) is 0 Å². The van der Waals surface area contributed by atoms with Crippen LogP contribution in [-0.2, 0) is 9.59 Å². The van der Waals surface area contributed by atoms with E-state index >= 15 is 0 Å². The molecule has 0 bridgehead atoms. The summed E-state index contributed by atoms with van der Waals surface area (Å²) < 4.78 is 0. The Kier molecular flexibility index (Phi) is 7.19. The largest absolute Gasteiger partial charge is 0.332 e. The minimum Gasteiger partial charge on any atom is -0.332 e. The van der Waals surface area contributed by atoms with E-state index in [1.807, 2.05) is 42.5 Å². The van der Waals surface area contributed by atoms with Crippen LogP contribution in [0.1, 0.15) is 30.9 Å². The maximum atomic E-state index is 12.5. The number of hydrogen-bond donors (Lipinski definition) is 1. The van der Waals surface area contributed by atoms with E-state index in [-0.39, 0.29) is 0 Å². The fraction of sp³-hybridized carbons (Fsp3) is 0.333. The van der Waals surface area contributed by atoms with Gasteiger partial charge >= 0.3 is 11.8 Å². The van der Waals surface area contributed by atoms with Crippen LogP contribution in [0.15, 0.2) is 60.7 Å². The SMILES string of the molecule is CC(C)c1ccc(NC(=O)C(=O)N2CCN(C/C=C/c3ccccc3)CC2)cc1. The van der Waals surface area contributed by atoms with Crippen molar-refractivity contribution in [3.05, 3.63) is 71.8 Å². The third-order valence-electron chi connectivity index (χ3n) is 5.16. The van der Waals surface area contributed by atoms with Gasteiger partial charge in [-0.25, -0.2) is 0 Å². The number of amides is 2. The number of carbonyl (C=O) groups is 2. The highest BCUT2D eigenvalue weighted by Crippen LogP contribution is 2.17. The Bertz CT molecular complexity index is 836. The van der Waals surface area contributed by atoms with Gasteiger partial charge < -0.3 is 10.2 Å². The van der Waals surface area contributed by atoms with Crippen molar-refractivity contribution in [2.45, 2.75) is 19.8 Å². The lowest BCUT2D eigenvalue weighted by Crippen LogP contribution is -2.51. The maximum absolute atomic E-state index is 12.5. The van der Waals surface area contributed by atoms with Crippen molar-refractivity contribution in [1.29, 1.82) is 0 Å². The number of nitrogens with one attached hydrogen (secondary N) is 1. The molecule has 2 aromatic carbocycles. The molecule has 0 aromatic heterocycles. The molecule has 1 heterocycles. The van der Waals surface area contributed by atoms with Gasteiger partial charge in [0.25, 0.3) is 0 Å². The molecule has 3 rings (SSSR count). The highest BCUT2D eigenvalue weighted by Gasteiger charge is 2.25. The van der Waals surface area contributed by atoms with Crippen molar-refractivity contribution in [2.24, 2.45) is 0 Å². The molecule has 29 heavy (non-hydrogen) atoms. The van der Waals surface area contributed by atoms with Crippen LogP contribution in [0.2, 0.25) is 0 Å². The zero-order valence-electron chi connectivity index (χ0n) is 17.2. The molecule has 5 heteroatoms. The lowest BCUT2D eigenvalue weighted by Gasteiger charge is -2.33. The molecule has 5 nitrogen and oxygen atoms in total. The van der Waals surface area contributed by atoms with Crippen molar-refractivity contribution >= 4 is 23.6 Å². The molecule has 0 unspecified atom stereocenters. The van der Waals surface area contributed by atoms with E-state index < -0.39 is 11.8 Å². The average molecular weight is 392 g/mol. The van der Waals surface area contributed by atoms with Crippen LogP contribution < -0.4 is 5.32 Å². The molecule has 0 spiro atoms. The summed E-state index contributed by atoms with van der Waals surface area (Å²) in [5, 5.41) is 2.71. The summed E-state index contributed by atoms with van der Waals surface area (Å²) >= 11 is 0. The second-order valence-corrected chi connectivity index (χ2v) is 7.64. The molecule has 1 saturated heterocycles. The lowest BCUT2D eigenvalue weighted by atomic mass is 10.0. The smallest absolute Gasteiger partial charge is 0.313 e. The average Bonchev–Trinajstić information content (AvgIpc) is 2.75. The van der Waals surface area contributed by atoms with Gasteiger partial charge in [-0.05, 0) is 29.2 Å². The van der Waals surface area contributed by atoms with Crippen LogP contribution in [0.4, 0.5) is 5.69 Å². The Morgan fingerprint density at radius 1 is 0.966 bits per heavy atom. The van der Waals surface area contributed by atoms with E-state index in [0.717, 1.165) is 19.6 Å². The van der Waals surface area contributed by atoms with E-state index in [1.54, 1.807) is 4.90 Å². The third-order valence-corrected chi connectivity index (χ3v) is 5.16. The molecule has 0 saturated carbocycles. The second kappa shape index (κ2) is 10.0. The number of benzene rings is 2. The van der Waals surface area contributed by atoms with Crippen molar-refractivity contribution in [3.63, 3.8) is 0 Å². The molecular weight excluding hydrogens is 362 g/mol. The minimum absolute atomic E-state index is 0.431. The summed E-state index contributed by atoms with van der Waals surface area (Å²) in [5.74, 6) is -0.600. The number of anilines is 1. The van der Waals surface area contributed by atoms with Gasteiger partial charge in [-0.1, -0.05) is 68.5 Å². The number of carbonyl (C=O) groups excluding carboxylic acids is 2. The van der Waals surface area contributed by atoms with Crippen LogP contribution in [-0.4, -0.2) is 54.3 Å². The number of hydrogen-bond acceptors (Lipinski definition) is 3. The van der Waals surface area contributed by atoms with Gasteiger partial charge in [0.1, 0.15) is 0 Å². The van der Waals surface area contributed by atoms with Crippen molar-refractivity contribution < 1.29 is 9.59 Å². The normalized spacial score (nSPS) is 15.1. The van der Waals surface area contributed by atoms with Crippen LogP contribution in [0.3, 0.4) is 0 Å². The highest BCUT2D eigenvalue weighted by molar-refractivity contribution is 6.39. The van der Waals surface area contributed by atoms with E-state index in [2.05, 4.69) is 48.3 Å². The quantitative estimate of drug-likeness (QED) is 0.793. The molecule has 1 aliphatic rings. The first-order valence-electron chi connectivity index (χ1n) is 10.2. The fourth-order valence-corrected chi connectivity index (χ4v) is 3.32. The van der Waals surface area contributed by atoms with Gasteiger partial charge in [0, 0.05) is 38.4 Å². The topological polar surface area (TPSA) is 52.7 Å². The number of nitrogens with zero attached hydrogens (tertiary/aromatic N) is 2. The number of piperazine rings is 1. The zero-order chi connectivity index (χ0) is 20.6. The molecule has 152 valence electrons. The predicted octanol–water partition coefficient (Wildman–Crippen LogP) is 3.61. The van der Waals surface area contributed by atoms with Crippen LogP contribution >= 0.6 is 0 Å². The van der Waals surface area contributed by atoms with Gasteiger partial charge in [0.15, 0.2) is 0 Å². The summed E-state index contributed by atoms with van der Waals surface area (Å²) in [7, 11) is 0. The zero-order valence-corrected chi connectivity index (χ0v) is 17.2. The summed E-state index contributed by atoms with van der Waals surface area (Å²) in [6, 6.07) is 17.8. The van der Waals surface area contributed by atoms with Crippen molar-refractivity contribution in [3.8, 4) is 0 Å². The van der Waals surface area contributed by atoms with Crippen LogP contribution in [0, 0.1) is 0 Å². The van der Waals surface area contributed by atoms with Gasteiger partial charge in [-0.3, -0.25) is 14.5 Å². The van der Waals surface area contributed by atoms with Crippen molar-refractivity contribution in [2.75, 3.05) is 38.0 Å². The molecule has 1 aliphatic heterocycles. The van der Waals surface area contributed by atoms with E-state index in [1.165, 1.54) is 11.1 Å². The van der Waals surface area contributed by atoms with Gasteiger partial charge in [0.2, 0.25) is 0 Å². The van der Waals surface area contributed by atoms with Crippen LogP contribution in [0.5, 0.6) is 0 Å². The Labute approximate surface area is 173 Å². The molecular formula is C24H29N3O2. The van der Waals surface area contributed by atoms with E-state index in [9.17, 15) is 9.59 Å². The van der Waals surface area contributed by atoms with Gasteiger partial charge in [-0.2, -0.15) is 0 Å². The molecule has 1 fully saturated rings. The first kappa shape index (κ1) is 20.8. The lowest BCUT2D eigenvalue weighted by molar-refractivity contribution is -0.144. The first-order valence-corrected chi connectivity index (χ1v) is 10.2. The second-order valence-electron chi connectivity index (χ2n) is 7.64. The number of rotatable bonds is 5. The third kappa shape index (κ3) is 6.03. The molecule has 0 aliphatic carbocycles. The van der Waals surface area contributed by atoms with Gasteiger partial charge in [0.05, 0.1) is 0 Å². The minimum atomic E-state index is -0.570. The molecule has 0 radical (unpaired) electrons. The summed E-state index contributed by atoms with van der Waals surface area (Å²) in [6.45, 7) is 7.74. The monoisotopic (exact) mass is 391 g/mol. The fourth-order valence-electron chi connectivity index (χ4n) is 3.32. The Hall–Kier alpha value is -2.92. The van der Waals surface area contributed by atoms with Crippen LogP contribution in [0.25, 0.3) is 6.08 Å². The Balaban J connectivity index is 1.44. The van der Waals surface area contributed by atoms with E-state index in [0.29, 0.717) is 24.7 Å². The Morgan fingerprint density at radius 3 is 2.24 bits per heavy atom. The van der Waals surface area contributed by atoms with Crippen molar-refractivity contribution in [1.82, 2.24) is 9.80 Å².